The number of rotatable bonds is 2. The van der Waals surface area contributed by atoms with Crippen molar-refractivity contribution in [3.05, 3.63) is 35.5 Å². The van der Waals surface area contributed by atoms with E-state index in [1.165, 1.54) is 0 Å². The molecule has 98 valence electrons. The first-order chi connectivity index (χ1) is 9.09. The average Bonchev–Trinajstić information content (AvgIpc) is 2.69. The van der Waals surface area contributed by atoms with E-state index in [1.807, 2.05) is 24.3 Å². The van der Waals surface area contributed by atoms with Crippen LogP contribution in [0.3, 0.4) is 0 Å². The van der Waals surface area contributed by atoms with Crippen LogP contribution in [0.25, 0.3) is 10.9 Å². The van der Waals surface area contributed by atoms with Crippen LogP contribution >= 0.6 is 0 Å². The van der Waals surface area contributed by atoms with E-state index in [2.05, 4.69) is 0 Å². The standard InChI is InChI=1S/C14H14N2O3/c1-15-7-6-10-9-4-2-3-5-11(9)16(8-12(17)18)13(10)14(15)19/h2-5H,6-8H2,1H3,(H,17,18). The molecule has 1 amide bonds. The van der Waals surface area contributed by atoms with E-state index in [0.717, 1.165) is 22.9 Å². The number of carboxylic acids is 1. The van der Waals surface area contributed by atoms with Gasteiger partial charge in [-0.25, -0.2) is 0 Å². The third-order valence-corrected chi connectivity index (χ3v) is 3.62. The predicted octanol–water partition coefficient (Wildman–Crippen LogP) is 1.35. The molecule has 0 unspecified atom stereocenters. The number of hydrogen-bond acceptors (Lipinski definition) is 2. The summed E-state index contributed by atoms with van der Waals surface area (Å²) >= 11 is 0. The number of aromatic nitrogens is 1. The number of fused-ring (bicyclic) bond motifs is 3. The van der Waals surface area contributed by atoms with Gasteiger partial charge in [-0.3, -0.25) is 9.59 Å². The summed E-state index contributed by atoms with van der Waals surface area (Å²) in [6.45, 7) is 0.488. The number of carbonyl (C=O) groups excluding carboxylic acids is 1. The van der Waals surface area contributed by atoms with Crippen molar-refractivity contribution in [2.24, 2.45) is 0 Å². The Morgan fingerprint density at radius 1 is 1.37 bits per heavy atom. The van der Waals surface area contributed by atoms with Crippen LogP contribution < -0.4 is 0 Å². The van der Waals surface area contributed by atoms with Crippen LogP contribution in [0.4, 0.5) is 0 Å². The number of likely N-dealkylation sites (N-methyl/N-ethyl adjacent to an activating group) is 1. The third kappa shape index (κ3) is 1.69. The van der Waals surface area contributed by atoms with Gasteiger partial charge in [0.25, 0.3) is 5.91 Å². The van der Waals surface area contributed by atoms with Crippen molar-refractivity contribution in [2.45, 2.75) is 13.0 Å². The van der Waals surface area contributed by atoms with Crippen molar-refractivity contribution in [1.82, 2.24) is 9.47 Å². The van der Waals surface area contributed by atoms with E-state index >= 15 is 0 Å². The molecule has 5 heteroatoms. The van der Waals surface area contributed by atoms with Crippen LogP contribution in [0.2, 0.25) is 0 Å². The van der Waals surface area contributed by atoms with Gasteiger partial charge in [0, 0.05) is 24.5 Å². The fraction of sp³-hybridized carbons (Fsp3) is 0.286. The van der Waals surface area contributed by atoms with E-state index in [4.69, 9.17) is 5.11 Å². The molecule has 0 saturated heterocycles. The molecule has 19 heavy (non-hydrogen) atoms. The van der Waals surface area contributed by atoms with Gasteiger partial charge < -0.3 is 14.6 Å². The number of para-hydroxylation sites is 1. The molecule has 5 nitrogen and oxygen atoms in total. The van der Waals surface area contributed by atoms with Crippen molar-refractivity contribution < 1.29 is 14.7 Å². The number of aliphatic carboxylic acids is 1. The summed E-state index contributed by atoms with van der Waals surface area (Å²) in [6.07, 6.45) is 0.769. The first-order valence-electron chi connectivity index (χ1n) is 6.17. The van der Waals surface area contributed by atoms with Gasteiger partial charge in [0.05, 0.1) is 0 Å². The Morgan fingerprint density at radius 2 is 2.11 bits per heavy atom. The topological polar surface area (TPSA) is 62.5 Å². The Labute approximate surface area is 110 Å². The lowest BCUT2D eigenvalue weighted by atomic mass is 10.0. The highest BCUT2D eigenvalue weighted by Gasteiger charge is 2.29. The number of amides is 1. The van der Waals surface area contributed by atoms with Gasteiger partial charge in [-0.1, -0.05) is 18.2 Å². The first-order valence-corrected chi connectivity index (χ1v) is 6.17. The molecular formula is C14H14N2O3. The normalized spacial score (nSPS) is 14.8. The molecule has 2 heterocycles. The lowest BCUT2D eigenvalue weighted by Gasteiger charge is -2.24. The fourth-order valence-electron chi connectivity index (χ4n) is 2.73. The molecule has 0 spiro atoms. The summed E-state index contributed by atoms with van der Waals surface area (Å²) in [4.78, 5) is 25.0. The van der Waals surface area contributed by atoms with Gasteiger partial charge in [-0.05, 0) is 18.1 Å². The van der Waals surface area contributed by atoms with Gasteiger partial charge in [0.1, 0.15) is 12.2 Å². The highest BCUT2D eigenvalue weighted by molar-refractivity contribution is 6.03. The molecule has 0 radical (unpaired) electrons. The zero-order valence-electron chi connectivity index (χ0n) is 10.6. The zero-order valence-corrected chi connectivity index (χ0v) is 10.6. The SMILES string of the molecule is CN1CCc2c(n(CC(=O)O)c3ccccc23)C1=O. The Hall–Kier alpha value is -2.30. The second kappa shape index (κ2) is 4.12. The molecule has 0 fully saturated rings. The minimum atomic E-state index is -0.940. The largest absolute Gasteiger partial charge is 0.480 e. The van der Waals surface area contributed by atoms with Gasteiger partial charge in [0.15, 0.2) is 0 Å². The van der Waals surface area contributed by atoms with Crippen LogP contribution in [-0.2, 0) is 17.8 Å². The molecule has 0 atom stereocenters. The van der Waals surface area contributed by atoms with Crippen LogP contribution in [0, 0.1) is 0 Å². The molecule has 0 saturated carbocycles. The second-order valence-electron chi connectivity index (χ2n) is 4.80. The van der Waals surface area contributed by atoms with E-state index in [0.29, 0.717) is 12.2 Å². The maximum Gasteiger partial charge on any atom is 0.323 e. The summed E-state index contributed by atoms with van der Waals surface area (Å²) in [5, 5.41) is 10.0. The summed E-state index contributed by atoms with van der Waals surface area (Å²) in [5.41, 5.74) is 2.32. The Morgan fingerprint density at radius 3 is 2.84 bits per heavy atom. The molecule has 0 aliphatic carbocycles. The minimum absolute atomic E-state index is 0.0984. The molecule has 1 N–H and O–H groups in total. The van der Waals surface area contributed by atoms with Gasteiger partial charge in [-0.15, -0.1) is 0 Å². The smallest absolute Gasteiger partial charge is 0.323 e. The fourth-order valence-corrected chi connectivity index (χ4v) is 2.73. The quantitative estimate of drug-likeness (QED) is 0.884. The number of nitrogens with zero attached hydrogens (tertiary/aromatic N) is 2. The number of benzene rings is 1. The summed E-state index contributed by atoms with van der Waals surface area (Å²) < 4.78 is 1.62. The zero-order chi connectivity index (χ0) is 13.6. The molecule has 1 aliphatic rings. The summed E-state index contributed by atoms with van der Waals surface area (Å²) in [5.74, 6) is -1.04. The van der Waals surface area contributed by atoms with Crippen molar-refractivity contribution in [3.8, 4) is 0 Å². The molecule has 1 aromatic carbocycles. The van der Waals surface area contributed by atoms with Crippen LogP contribution in [0.1, 0.15) is 16.1 Å². The minimum Gasteiger partial charge on any atom is -0.480 e. The monoisotopic (exact) mass is 258 g/mol. The van der Waals surface area contributed by atoms with Crippen molar-refractivity contribution >= 4 is 22.8 Å². The van der Waals surface area contributed by atoms with Crippen molar-refractivity contribution in [3.63, 3.8) is 0 Å². The molecule has 1 aliphatic heterocycles. The molecule has 1 aromatic heterocycles. The Bertz CT molecular complexity index is 687. The van der Waals surface area contributed by atoms with Crippen LogP contribution in [0.5, 0.6) is 0 Å². The third-order valence-electron chi connectivity index (χ3n) is 3.62. The highest BCUT2D eigenvalue weighted by atomic mass is 16.4. The lowest BCUT2D eigenvalue weighted by molar-refractivity contribution is -0.137. The molecule has 3 rings (SSSR count). The number of hydrogen-bond donors (Lipinski definition) is 1. The predicted molar refractivity (Wildman–Crippen MR) is 70.2 cm³/mol. The summed E-state index contributed by atoms with van der Waals surface area (Å²) in [6, 6.07) is 7.59. The lowest BCUT2D eigenvalue weighted by Crippen LogP contribution is -2.35. The maximum atomic E-state index is 12.3. The Kier molecular flexibility index (Phi) is 2.55. The Balaban J connectivity index is 2.32. The van der Waals surface area contributed by atoms with E-state index in [-0.39, 0.29) is 12.5 Å². The van der Waals surface area contributed by atoms with E-state index < -0.39 is 5.97 Å². The van der Waals surface area contributed by atoms with Crippen LogP contribution in [0.15, 0.2) is 24.3 Å². The van der Waals surface area contributed by atoms with Crippen molar-refractivity contribution in [1.29, 1.82) is 0 Å². The van der Waals surface area contributed by atoms with Crippen LogP contribution in [-0.4, -0.2) is 40.0 Å². The maximum absolute atomic E-state index is 12.3. The summed E-state index contributed by atoms with van der Waals surface area (Å²) in [7, 11) is 1.74. The van der Waals surface area contributed by atoms with Gasteiger partial charge in [0.2, 0.25) is 0 Å². The molecule has 0 bridgehead atoms. The van der Waals surface area contributed by atoms with E-state index in [9.17, 15) is 9.59 Å². The van der Waals surface area contributed by atoms with Gasteiger partial charge >= 0.3 is 5.97 Å². The van der Waals surface area contributed by atoms with E-state index in [1.54, 1.807) is 16.5 Å². The highest BCUT2D eigenvalue weighted by Crippen LogP contribution is 2.30. The van der Waals surface area contributed by atoms with Crippen molar-refractivity contribution in [2.75, 3.05) is 13.6 Å². The molecular weight excluding hydrogens is 244 g/mol. The number of carbonyl (C=O) groups is 2. The average molecular weight is 258 g/mol. The molecule has 2 aromatic rings. The number of carboxylic acid groups (broad SMARTS) is 1. The van der Waals surface area contributed by atoms with Gasteiger partial charge in [-0.2, -0.15) is 0 Å². The first kappa shape index (κ1) is 11.8. The second-order valence-corrected chi connectivity index (χ2v) is 4.80.